The molecule has 138 valence electrons. The first-order chi connectivity index (χ1) is 13.2. The zero-order chi connectivity index (χ0) is 18.8. The lowest BCUT2D eigenvalue weighted by Gasteiger charge is -2.31. The van der Waals surface area contributed by atoms with E-state index >= 15 is 0 Å². The van der Waals surface area contributed by atoms with Gasteiger partial charge in [-0.05, 0) is 36.6 Å². The highest BCUT2D eigenvalue weighted by Crippen LogP contribution is 2.34. The molecule has 0 bridgehead atoms. The van der Waals surface area contributed by atoms with Gasteiger partial charge in [0.1, 0.15) is 0 Å². The van der Waals surface area contributed by atoms with Crippen LogP contribution in [-0.2, 0) is 16.0 Å². The average molecular weight is 399 g/mol. The number of para-hydroxylation sites is 2. The second-order valence-electron chi connectivity index (χ2n) is 6.19. The maximum Gasteiger partial charge on any atom is 0.339 e. The minimum atomic E-state index is -0.412. The van der Waals surface area contributed by atoms with Crippen LogP contribution in [0.25, 0.3) is 10.2 Å². The third-order valence-corrected chi connectivity index (χ3v) is 6.68. The summed E-state index contributed by atoms with van der Waals surface area (Å²) in [7, 11) is 1.36. The van der Waals surface area contributed by atoms with Gasteiger partial charge < -0.3 is 9.64 Å². The van der Waals surface area contributed by atoms with E-state index in [0.717, 1.165) is 33.0 Å². The molecule has 0 aliphatic carbocycles. The zero-order valence-electron chi connectivity index (χ0n) is 14.8. The number of carbonyl (C=O) groups excluding carboxylic acids is 2. The van der Waals surface area contributed by atoms with Crippen LogP contribution in [0.4, 0.5) is 5.69 Å². The molecule has 7 heteroatoms. The van der Waals surface area contributed by atoms with E-state index in [4.69, 9.17) is 4.74 Å². The van der Waals surface area contributed by atoms with Crippen LogP contribution in [0.3, 0.4) is 0 Å². The van der Waals surface area contributed by atoms with Crippen molar-refractivity contribution in [2.45, 2.75) is 17.2 Å². The third-order valence-electron chi connectivity index (χ3n) is 4.52. The Morgan fingerprint density at radius 3 is 2.89 bits per heavy atom. The number of thioether (sulfide) groups is 1. The van der Waals surface area contributed by atoms with Gasteiger partial charge in [0.25, 0.3) is 0 Å². The van der Waals surface area contributed by atoms with Crippen LogP contribution in [0.2, 0.25) is 0 Å². The Bertz CT molecular complexity index is 982. The molecule has 0 saturated carbocycles. The lowest BCUT2D eigenvalue weighted by molar-refractivity contribution is -0.116. The Morgan fingerprint density at radius 2 is 2.07 bits per heavy atom. The van der Waals surface area contributed by atoms with Crippen molar-refractivity contribution in [3.63, 3.8) is 0 Å². The van der Waals surface area contributed by atoms with Gasteiger partial charge >= 0.3 is 5.97 Å². The topological polar surface area (TPSA) is 59.5 Å². The van der Waals surface area contributed by atoms with E-state index in [2.05, 4.69) is 4.98 Å². The smallest absolute Gasteiger partial charge is 0.339 e. The number of esters is 1. The fourth-order valence-corrected chi connectivity index (χ4v) is 5.23. The SMILES string of the molecule is COC(=O)c1cccc2c1N(C(=O)CSc1nc3ccccc3s1)CCC2. The van der Waals surface area contributed by atoms with E-state index < -0.39 is 5.97 Å². The lowest BCUT2D eigenvalue weighted by atomic mass is 9.97. The highest BCUT2D eigenvalue weighted by atomic mass is 32.2. The maximum atomic E-state index is 12.9. The summed E-state index contributed by atoms with van der Waals surface area (Å²) in [6.45, 7) is 0.611. The largest absolute Gasteiger partial charge is 0.465 e. The number of aryl methyl sites for hydroxylation is 1. The van der Waals surface area contributed by atoms with Crippen LogP contribution in [-0.4, -0.2) is 36.3 Å². The molecule has 0 fully saturated rings. The molecular weight excluding hydrogens is 380 g/mol. The number of carbonyl (C=O) groups is 2. The van der Waals surface area contributed by atoms with Crippen LogP contribution in [0.15, 0.2) is 46.8 Å². The maximum absolute atomic E-state index is 12.9. The van der Waals surface area contributed by atoms with Gasteiger partial charge in [0.2, 0.25) is 5.91 Å². The summed E-state index contributed by atoms with van der Waals surface area (Å²) in [6.07, 6.45) is 1.74. The van der Waals surface area contributed by atoms with Gasteiger partial charge in [-0.2, -0.15) is 0 Å². The third kappa shape index (κ3) is 3.57. The molecule has 0 N–H and O–H groups in total. The second-order valence-corrected chi connectivity index (χ2v) is 8.44. The monoisotopic (exact) mass is 398 g/mol. The molecule has 5 nitrogen and oxygen atoms in total. The summed E-state index contributed by atoms with van der Waals surface area (Å²) >= 11 is 3.03. The Morgan fingerprint density at radius 1 is 1.22 bits per heavy atom. The molecule has 2 heterocycles. The van der Waals surface area contributed by atoms with E-state index in [9.17, 15) is 9.59 Å². The number of hydrogen-bond donors (Lipinski definition) is 0. The average Bonchev–Trinajstić information content (AvgIpc) is 3.13. The zero-order valence-corrected chi connectivity index (χ0v) is 16.4. The highest BCUT2D eigenvalue weighted by molar-refractivity contribution is 8.01. The van der Waals surface area contributed by atoms with E-state index in [1.807, 2.05) is 36.4 Å². The molecule has 2 aromatic carbocycles. The summed E-state index contributed by atoms with van der Waals surface area (Å²) < 4.78 is 6.90. The molecule has 1 amide bonds. The van der Waals surface area contributed by atoms with Crippen molar-refractivity contribution in [2.75, 3.05) is 24.3 Å². The predicted octanol–water partition coefficient (Wildman–Crippen LogP) is 4.15. The number of anilines is 1. The molecule has 0 radical (unpaired) electrons. The van der Waals surface area contributed by atoms with Crippen molar-refractivity contribution in [2.24, 2.45) is 0 Å². The molecule has 1 aliphatic rings. The Labute approximate surface area is 165 Å². The fourth-order valence-electron chi connectivity index (χ4n) is 3.29. The van der Waals surface area contributed by atoms with Crippen molar-refractivity contribution in [3.05, 3.63) is 53.6 Å². The second kappa shape index (κ2) is 7.70. The van der Waals surface area contributed by atoms with Crippen molar-refractivity contribution < 1.29 is 14.3 Å². The van der Waals surface area contributed by atoms with Crippen LogP contribution in [0.5, 0.6) is 0 Å². The standard InChI is InChI=1S/C20H18N2O3S2/c1-25-19(24)14-8-4-6-13-7-5-11-22(18(13)14)17(23)12-26-20-21-15-9-2-3-10-16(15)27-20/h2-4,6,8-10H,5,7,11-12H2,1H3. The van der Waals surface area contributed by atoms with Crippen LogP contribution in [0.1, 0.15) is 22.3 Å². The van der Waals surface area contributed by atoms with Crippen LogP contribution >= 0.6 is 23.1 Å². The summed E-state index contributed by atoms with van der Waals surface area (Å²) in [5.41, 5.74) is 3.12. The number of hydrogen-bond acceptors (Lipinski definition) is 6. The summed E-state index contributed by atoms with van der Waals surface area (Å²) in [5.74, 6) is -0.142. The Kier molecular flexibility index (Phi) is 5.13. The van der Waals surface area contributed by atoms with Gasteiger partial charge in [0.15, 0.2) is 4.34 Å². The van der Waals surface area contributed by atoms with Gasteiger partial charge in [-0.3, -0.25) is 4.79 Å². The molecule has 4 rings (SSSR count). The Hall–Kier alpha value is -2.38. The summed E-state index contributed by atoms with van der Waals surface area (Å²) in [4.78, 5) is 31.4. The molecule has 0 spiro atoms. The lowest BCUT2D eigenvalue weighted by Crippen LogP contribution is -2.38. The van der Waals surface area contributed by atoms with Crippen molar-refractivity contribution in [3.8, 4) is 0 Å². The first-order valence-electron chi connectivity index (χ1n) is 8.66. The van der Waals surface area contributed by atoms with Crippen molar-refractivity contribution in [1.82, 2.24) is 4.98 Å². The highest BCUT2D eigenvalue weighted by Gasteiger charge is 2.28. The minimum Gasteiger partial charge on any atom is -0.465 e. The van der Waals surface area contributed by atoms with Gasteiger partial charge in [0, 0.05) is 6.54 Å². The molecule has 0 unspecified atom stereocenters. The molecular formula is C20H18N2O3S2. The predicted molar refractivity (Wildman–Crippen MR) is 109 cm³/mol. The molecule has 1 aliphatic heterocycles. The summed E-state index contributed by atoms with van der Waals surface area (Å²) in [5, 5.41) is 0. The first-order valence-corrected chi connectivity index (χ1v) is 10.5. The Balaban J connectivity index is 1.55. The normalized spacial score (nSPS) is 13.4. The van der Waals surface area contributed by atoms with E-state index in [1.54, 1.807) is 22.3 Å². The van der Waals surface area contributed by atoms with E-state index in [1.165, 1.54) is 18.9 Å². The van der Waals surface area contributed by atoms with E-state index in [0.29, 0.717) is 17.8 Å². The molecule has 0 saturated heterocycles. The number of fused-ring (bicyclic) bond motifs is 2. The van der Waals surface area contributed by atoms with Gasteiger partial charge in [0.05, 0.1) is 34.3 Å². The minimum absolute atomic E-state index is 0.0171. The number of thiazole rings is 1. The van der Waals surface area contributed by atoms with Gasteiger partial charge in [-0.25, -0.2) is 9.78 Å². The first kappa shape index (κ1) is 18.0. The fraction of sp³-hybridized carbons (Fsp3) is 0.250. The number of benzene rings is 2. The quantitative estimate of drug-likeness (QED) is 0.488. The number of amides is 1. The van der Waals surface area contributed by atoms with E-state index in [-0.39, 0.29) is 11.7 Å². The number of aromatic nitrogens is 1. The van der Waals surface area contributed by atoms with Crippen molar-refractivity contribution in [1.29, 1.82) is 0 Å². The number of methoxy groups -OCH3 is 1. The molecule has 27 heavy (non-hydrogen) atoms. The van der Waals surface area contributed by atoms with Gasteiger partial charge in [-0.15, -0.1) is 11.3 Å². The summed E-state index contributed by atoms with van der Waals surface area (Å²) in [6, 6.07) is 13.5. The molecule has 3 aromatic rings. The van der Waals surface area contributed by atoms with Crippen molar-refractivity contribution >= 4 is 50.9 Å². The molecule has 0 atom stereocenters. The number of rotatable bonds is 4. The van der Waals surface area contributed by atoms with Gasteiger partial charge in [-0.1, -0.05) is 36.0 Å². The molecule has 1 aromatic heterocycles. The van der Waals surface area contributed by atoms with Crippen LogP contribution in [0, 0.1) is 0 Å². The number of ether oxygens (including phenoxy) is 1. The van der Waals surface area contributed by atoms with Crippen LogP contribution < -0.4 is 4.90 Å². The number of nitrogens with zero attached hydrogens (tertiary/aromatic N) is 2.